The van der Waals surface area contributed by atoms with E-state index in [1.54, 1.807) is 12.1 Å². The van der Waals surface area contributed by atoms with Crippen LogP contribution in [0.5, 0.6) is 0 Å². The van der Waals surface area contributed by atoms with Crippen LogP contribution in [-0.4, -0.2) is 46.9 Å². The summed E-state index contributed by atoms with van der Waals surface area (Å²) in [4.78, 5) is 53.3. The highest BCUT2D eigenvalue weighted by molar-refractivity contribution is 6.02. The topological polar surface area (TPSA) is 119 Å². The quantitative estimate of drug-likeness (QED) is 0.433. The number of para-hydroxylation sites is 1. The van der Waals surface area contributed by atoms with Gasteiger partial charge in [0.15, 0.2) is 5.78 Å². The second kappa shape index (κ2) is 12.0. The van der Waals surface area contributed by atoms with Crippen LogP contribution in [0.1, 0.15) is 79.8 Å². The summed E-state index contributed by atoms with van der Waals surface area (Å²) in [6.07, 6.45) is 9.22. The number of amides is 3. The number of carbonyl (C=O) groups is 4. The van der Waals surface area contributed by atoms with Gasteiger partial charge in [0.05, 0.1) is 23.8 Å². The van der Waals surface area contributed by atoms with E-state index in [1.807, 2.05) is 24.3 Å². The van der Waals surface area contributed by atoms with Crippen LogP contribution in [-0.2, 0) is 9.59 Å². The van der Waals surface area contributed by atoms with Gasteiger partial charge in [-0.15, -0.1) is 0 Å². The lowest BCUT2D eigenvalue weighted by Crippen LogP contribution is -2.53. The molecule has 0 aromatic heterocycles. The molecular formula is C30H36N4O5. The average Bonchev–Trinajstić information content (AvgIpc) is 3.46. The lowest BCUT2D eigenvalue weighted by molar-refractivity contribution is -0.121. The van der Waals surface area contributed by atoms with Crippen LogP contribution in [0, 0.1) is 11.8 Å². The molecule has 2 fully saturated rings. The first-order chi connectivity index (χ1) is 18.9. The average molecular weight is 533 g/mol. The van der Waals surface area contributed by atoms with E-state index in [2.05, 4.69) is 10.7 Å². The van der Waals surface area contributed by atoms with E-state index >= 15 is 0 Å². The number of Topliss-reactive ketones (excluding diaryl/α,β-unsaturated/α-hetero) is 1. The molecule has 3 aliphatic rings. The predicted molar refractivity (Wildman–Crippen MR) is 147 cm³/mol. The number of nitrogens with one attached hydrogen (secondary N) is 2. The molecule has 2 aromatic rings. The highest BCUT2D eigenvalue weighted by Crippen LogP contribution is 2.40. The van der Waals surface area contributed by atoms with Gasteiger partial charge >= 0.3 is 12.0 Å². The first-order valence-electron chi connectivity index (χ1n) is 14.0. The van der Waals surface area contributed by atoms with Crippen molar-refractivity contribution in [2.24, 2.45) is 11.8 Å². The molecule has 1 atom stereocenters. The number of anilines is 2. The van der Waals surface area contributed by atoms with Crippen LogP contribution in [0.25, 0.3) is 0 Å². The number of aromatic carboxylic acids is 1. The van der Waals surface area contributed by atoms with Crippen LogP contribution < -0.4 is 15.6 Å². The molecule has 0 bridgehead atoms. The van der Waals surface area contributed by atoms with Crippen molar-refractivity contribution in [2.75, 3.05) is 23.3 Å². The number of hydrogen-bond acceptors (Lipinski definition) is 5. The number of hydrazine groups is 1. The molecule has 1 heterocycles. The lowest BCUT2D eigenvalue weighted by Gasteiger charge is -2.33. The monoisotopic (exact) mass is 532 g/mol. The maximum atomic E-state index is 14.0. The molecule has 2 aliphatic carbocycles. The Bertz CT molecular complexity index is 1240. The number of nitrogens with zero attached hydrogens (tertiary/aromatic N) is 2. The maximum absolute atomic E-state index is 14.0. The Morgan fingerprint density at radius 3 is 2.36 bits per heavy atom. The number of fused-ring (bicyclic) bond motifs is 1. The van der Waals surface area contributed by atoms with Gasteiger partial charge in [0.25, 0.3) is 0 Å². The normalized spacial score (nSPS) is 20.4. The first kappa shape index (κ1) is 26.9. The van der Waals surface area contributed by atoms with Gasteiger partial charge in [-0.25, -0.2) is 20.0 Å². The van der Waals surface area contributed by atoms with Gasteiger partial charge in [-0.3, -0.25) is 14.5 Å². The zero-order valence-electron chi connectivity index (χ0n) is 22.1. The van der Waals surface area contributed by atoms with Crippen molar-refractivity contribution in [1.82, 2.24) is 10.4 Å². The number of carbonyl (C=O) groups excluding carboxylic acids is 3. The molecule has 0 saturated heterocycles. The molecule has 0 spiro atoms. The third kappa shape index (κ3) is 6.14. The number of carboxylic acids is 1. The Morgan fingerprint density at radius 2 is 1.62 bits per heavy atom. The van der Waals surface area contributed by atoms with Crippen LogP contribution in [0.15, 0.2) is 48.5 Å². The van der Waals surface area contributed by atoms with E-state index in [4.69, 9.17) is 0 Å². The van der Waals surface area contributed by atoms with Gasteiger partial charge < -0.3 is 10.4 Å². The Kier molecular flexibility index (Phi) is 8.26. The van der Waals surface area contributed by atoms with E-state index in [0.29, 0.717) is 11.4 Å². The second-order valence-electron chi connectivity index (χ2n) is 10.9. The van der Waals surface area contributed by atoms with Crippen LogP contribution in [0.4, 0.5) is 16.2 Å². The number of rotatable bonds is 8. The number of carboxylic acid groups (broad SMARTS) is 1. The molecule has 206 valence electrons. The van der Waals surface area contributed by atoms with Crippen molar-refractivity contribution in [3.05, 3.63) is 59.7 Å². The smallest absolute Gasteiger partial charge is 0.339 e. The molecule has 1 unspecified atom stereocenters. The van der Waals surface area contributed by atoms with E-state index in [0.717, 1.165) is 56.9 Å². The van der Waals surface area contributed by atoms with Crippen LogP contribution >= 0.6 is 0 Å². The molecule has 0 radical (unpaired) electrons. The fourth-order valence-electron chi connectivity index (χ4n) is 6.24. The Balaban J connectivity index is 1.43. The molecule has 3 N–H and O–H groups in total. The zero-order valence-corrected chi connectivity index (χ0v) is 22.1. The fraction of sp³-hybridized carbons (Fsp3) is 0.467. The largest absolute Gasteiger partial charge is 0.478 e. The summed E-state index contributed by atoms with van der Waals surface area (Å²) in [5, 5.41) is 13.3. The summed E-state index contributed by atoms with van der Waals surface area (Å²) in [5.74, 6) is -1.24. The molecule has 5 rings (SSSR count). The Hall–Kier alpha value is -3.72. The Labute approximate surface area is 228 Å². The number of benzene rings is 2. The molecular weight excluding hydrogens is 496 g/mol. The third-order valence-corrected chi connectivity index (χ3v) is 8.26. The summed E-state index contributed by atoms with van der Waals surface area (Å²) in [5.41, 5.74) is 5.46. The van der Waals surface area contributed by atoms with E-state index in [1.165, 1.54) is 28.5 Å². The standard InChI is InChI=1S/C30H36N4O5/c35-26(20-9-4-5-10-20)18-33-25-16-7-6-15-24(25)28(21-11-2-1-3-12-21)32-34(30(33)39)19-27(36)31-23-14-8-13-22(17-23)29(37)38/h6-8,13-17,20-21,28,32H,1-5,9-12,18-19H2,(H,31,36)(H,37,38). The predicted octanol–water partition coefficient (Wildman–Crippen LogP) is 5.15. The third-order valence-electron chi connectivity index (χ3n) is 8.26. The minimum absolute atomic E-state index is 0.0294. The van der Waals surface area contributed by atoms with Gasteiger partial charge in [0.2, 0.25) is 5.91 Å². The van der Waals surface area contributed by atoms with Crippen LogP contribution in [0.2, 0.25) is 0 Å². The molecule has 2 aromatic carbocycles. The molecule has 9 nitrogen and oxygen atoms in total. The van der Waals surface area contributed by atoms with Gasteiger partial charge in [0, 0.05) is 11.6 Å². The van der Waals surface area contributed by atoms with E-state index < -0.39 is 17.9 Å². The molecule has 2 saturated carbocycles. The van der Waals surface area contributed by atoms with Crippen molar-refractivity contribution < 1.29 is 24.3 Å². The minimum atomic E-state index is -1.09. The van der Waals surface area contributed by atoms with Crippen molar-refractivity contribution in [3.8, 4) is 0 Å². The molecule has 39 heavy (non-hydrogen) atoms. The van der Waals surface area contributed by atoms with Crippen molar-refractivity contribution >= 4 is 35.1 Å². The molecule has 9 heteroatoms. The van der Waals surface area contributed by atoms with E-state index in [9.17, 15) is 24.3 Å². The zero-order chi connectivity index (χ0) is 27.4. The van der Waals surface area contributed by atoms with Crippen molar-refractivity contribution in [2.45, 2.75) is 63.8 Å². The van der Waals surface area contributed by atoms with Crippen LogP contribution in [0.3, 0.4) is 0 Å². The highest BCUT2D eigenvalue weighted by Gasteiger charge is 2.38. The minimum Gasteiger partial charge on any atom is -0.478 e. The Morgan fingerprint density at radius 1 is 0.897 bits per heavy atom. The number of ketones is 1. The van der Waals surface area contributed by atoms with Crippen molar-refractivity contribution in [3.63, 3.8) is 0 Å². The molecule has 3 amide bonds. The van der Waals surface area contributed by atoms with Gasteiger partial charge in [-0.05, 0) is 61.4 Å². The molecule has 1 aliphatic heterocycles. The highest BCUT2D eigenvalue weighted by atomic mass is 16.4. The second-order valence-corrected chi connectivity index (χ2v) is 10.9. The summed E-state index contributed by atoms with van der Waals surface area (Å²) >= 11 is 0. The van der Waals surface area contributed by atoms with Gasteiger partial charge in [-0.2, -0.15) is 0 Å². The first-order valence-corrected chi connectivity index (χ1v) is 14.0. The number of urea groups is 1. The summed E-state index contributed by atoms with van der Waals surface area (Å²) in [7, 11) is 0. The summed E-state index contributed by atoms with van der Waals surface area (Å²) in [6, 6.07) is 13.1. The van der Waals surface area contributed by atoms with Gasteiger partial charge in [-0.1, -0.05) is 56.4 Å². The fourth-order valence-corrected chi connectivity index (χ4v) is 6.24. The number of hydrogen-bond donors (Lipinski definition) is 3. The van der Waals surface area contributed by atoms with Crippen molar-refractivity contribution in [1.29, 1.82) is 0 Å². The summed E-state index contributed by atoms with van der Waals surface area (Å²) < 4.78 is 0. The summed E-state index contributed by atoms with van der Waals surface area (Å²) in [6.45, 7) is -0.320. The maximum Gasteiger partial charge on any atom is 0.339 e. The van der Waals surface area contributed by atoms with E-state index in [-0.39, 0.29) is 42.3 Å². The van der Waals surface area contributed by atoms with Gasteiger partial charge in [0.1, 0.15) is 6.54 Å². The SMILES string of the molecule is O=C(CN1NC(C2CCCCC2)c2ccccc2N(CC(=O)C2CCCC2)C1=O)Nc1cccc(C(=O)O)c1. The lowest BCUT2D eigenvalue weighted by atomic mass is 9.81.